The summed E-state index contributed by atoms with van der Waals surface area (Å²) in [5.74, 6) is 0. The van der Waals surface area contributed by atoms with Crippen molar-refractivity contribution in [3.05, 3.63) is 0 Å². The van der Waals surface area contributed by atoms with Crippen LogP contribution >= 0.6 is 17.0 Å². The van der Waals surface area contributed by atoms with Crippen molar-refractivity contribution in [2.24, 2.45) is 0 Å². The average molecular weight is 121 g/mol. The standard InChI is InChI=1S/C2H5B.BrH/c1-2-3;/h2H2,1H3;1H. The summed E-state index contributed by atoms with van der Waals surface area (Å²) in [5, 5.41) is 0. The fraction of sp³-hybridized carbons (Fsp3) is 1.00. The fourth-order valence-electron chi connectivity index (χ4n) is 0. The van der Waals surface area contributed by atoms with Gasteiger partial charge in [-0.2, -0.15) is 0 Å². The van der Waals surface area contributed by atoms with Crippen LogP contribution in [-0.4, -0.2) is 7.85 Å². The molecule has 0 rings (SSSR count). The summed E-state index contributed by atoms with van der Waals surface area (Å²) in [6.07, 6.45) is 0.750. The first-order valence-corrected chi connectivity index (χ1v) is 1.12. The smallest absolute Gasteiger partial charge is 0.0649 e. The summed E-state index contributed by atoms with van der Waals surface area (Å²) in [6.45, 7) is 1.90. The van der Waals surface area contributed by atoms with E-state index in [1.165, 1.54) is 0 Å². The summed E-state index contributed by atoms with van der Waals surface area (Å²) >= 11 is 0. The second-order valence-corrected chi connectivity index (χ2v) is 0.408. The van der Waals surface area contributed by atoms with E-state index in [1.807, 2.05) is 6.92 Å². The number of hydrogen-bond acceptors (Lipinski definition) is 0. The van der Waals surface area contributed by atoms with Gasteiger partial charge in [0, 0.05) is 0 Å². The van der Waals surface area contributed by atoms with Gasteiger partial charge in [-0.05, 0) is 0 Å². The van der Waals surface area contributed by atoms with Crippen molar-refractivity contribution in [1.29, 1.82) is 0 Å². The van der Waals surface area contributed by atoms with Crippen LogP contribution < -0.4 is 0 Å². The van der Waals surface area contributed by atoms with Gasteiger partial charge in [-0.25, -0.2) is 0 Å². The Hall–Kier alpha value is 0.545. The first kappa shape index (κ1) is 8.82. The topological polar surface area (TPSA) is 0 Å². The predicted molar refractivity (Wildman–Crippen MR) is 26.6 cm³/mol. The van der Waals surface area contributed by atoms with Crippen LogP contribution in [0, 0.1) is 0 Å². The monoisotopic (exact) mass is 120 g/mol. The van der Waals surface area contributed by atoms with Gasteiger partial charge < -0.3 is 0 Å². The molecular formula is C2H6BBr. The molecule has 0 aromatic rings. The Bertz CT molecular complexity index is 6.00. The third-order valence-electron chi connectivity index (χ3n) is 0. The molecule has 0 spiro atoms. The number of rotatable bonds is 0. The largest absolute Gasteiger partial charge is 0.114 e. The summed E-state index contributed by atoms with van der Waals surface area (Å²) in [7, 11) is 4.85. The zero-order valence-electron chi connectivity index (χ0n) is 2.69. The zero-order chi connectivity index (χ0) is 2.71. The van der Waals surface area contributed by atoms with E-state index >= 15 is 0 Å². The Morgan fingerprint density at radius 3 is 1.75 bits per heavy atom. The van der Waals surface area contributed by atoms with E-state index in [9.17, 15) is 0 Å². The van der Waals surface area contributed by atoms with E-state index in [2.05, 4.69) is 0 Å². The van der Waals surface area contributed by atoms with Crippen molar-refractivity contribution < 1.29 is 0 Å². The van der Waals surface area contributed by atoms with Crippen LogP contribution in [-0.2, 0) is 0 Å². The average Bonchev–Trinajstić information content (AvgIpc) is 0.918. The lowest BCUT2D eigenvalue weighted by atomic mass is 10.1. The van der Waals surface area contributed by atoms with Gasteiger partial charge in [0.15, 0.2) is 0 Å². The minimum Gasteiger partial charge on any atom is -0.114 e. The summed E-state index contributed by atoms with van der Waals surface area (Å²) in [6, 6.07) is 0. The molecule has 0 aliphatic rings. The lowest BCUT2D eigenvalue weighted by molar-refractivity contribution is 1.48. The van der Waals surface area contributed by atoms with Gasteiger partial charge in [0.2, 0.25) is 0 Å². The molecule has 0 heterocycles. The minimum absolute atomic E-state index is 0. The second-order valence-electron chi connectivity index (χ2n) is 0.408. The third kappa shape index (κ3) is 20.5. The van der Waals surface area contributed by atoms with Gasteiger partial charge in [-0.1, -0.05) is 13.2 Å². The fourth-order valence-corrected chi connectivity index (χ4v) is 0. The lowest BCUT2D eigenvalue weighted by Gasteiger charge is -1.46. The van der Waals surface area contributed by atoms with E-state index in [0.29, 0.717) is 0 Å². The molecular weight excluding hydrogens is 115 g/mol. The third-order valence-corrected chi connectivity index (χ3v) is 0. The van der Waals surface area contributed by atoms with Crippen LogP contribution in [0.4, 0.5) is 0 Å². The lowest BCUT2D eigenvalue weighted by Crippen LogP contribution is -1.41. The molecule has 0 unspecified atom stereocenters. The molecule has 0 fully saturated rings. The van der Waals surface area contributed by atoms with Crippen molar-refractivity contribution in [2.75, 3.05) is 0 Å². The van der Waals surface area contributed by atoms with Crippen molar-refractivity contribution in [3.8, 4) is 0 Å². The quantitative estimate of drug-likeness (QED) is 0.422. The first-order valence-electron chi connectivity index (χ1n) is 1.12. The number of halogens is 1. The van der Waals surface area contributed by atoms with Crippen molar-refractivity contribution in [2.45, 2.75) is 13.2 Å². The Labute approximate surface area is 38.8 Å². The molecule has 0 atom stereocenters. The summed E-state index contributed by atoms with van der Waals surface area (Å²) < 4.78 is 0. The van der Waals surface area contributed by atoms with Crippen LogP contribution in [0.25, 0.3) is 0 Å². The van der Waals surface area contributed by atoms with Gasteiger partial charge in [-0.3, -0.25) is 0 Å². The molecule has 0 N–H and O–H groups in total. The number of hydrogen-bond donors (Lipinski definition) is 0. The van der Waals surface area contributed by atoms with Crippen LogP contribution in [0.5, 0.6) is 0 Å². The Kier molecular flexibility index (Phi) is 21.2. The highest BCUT2D eigenvalue weighted by Gasteiger charge is 1.37. The van der Waals surface area contributed by atoms with Crippen molar-refractivity contribution in [3.63, 3.8) is 0 Å². The molecule has 4 heavy (non-hydrogen) atoms. The molecule has 0 aromatic carbocycles. The van der Waals surface area contributed by atoms with Crippen molar-refractivity contribution in [1.82, 2.24) is 0 Å². The molecule has 24 valence electrons. The maximum absolute atomic E-state index is 4.85. The normalized spacial score (nSPS) is 4.25. The van der Waals surface area contributed by atoms with E-state index in [1.54, 1.807) is 0 Å². The molecule has 0 saturated heterocycles. The van der Waals surface area contributed by atoms with Gasteiger partial charge >= 0.3 is 0 Å². The first-order chi connectivity index (χ1) is 1.41. The Balaban J connectivity index is 0. The highest BCUT2D eigenvalue weighted by Crippen LogP contribution is 1.49. The molecule has 2 radical (unpaired) electrons. The van der Waals surface area contributed by atoms with Crippen LogP contribution in [0.2, 0.25) is 6.32 Å². The van der Waals surface area contributed by atoms with Crippen molar-refractivity contribution >= 4 is 24.8 Å². The van der Waals surface area contributed by atoms with Gasteiger partial charge in [0.1, 0.15) is 0 Å². The second kappa shape index (κ2) is 9.62. The maximum atomic E-state index is 4.85. The highest BCUT2D eigenvalue weighted by atomic mass is 79.9. The Morgan fingerprint density at radius 1 is 1.75 bits per heavy atom. The molecule has 0 aromatic heterocycles. The van der Waals surface area contributed by atoms with Crippen LogP contribution in [0.3, 0.4) is 0 Å². The van der Waals surface area contributed by atoms with E-state index in [0.717, 1.165) is 6.32 Å². The van der Waals surface area contributed by atoms with Gasteiger partial charge in [0.25, 0.3) is 0 Å². The van der Waals surface area contributed by atoms with E-state index in [-0.39, 0.29) is 17.0 Å². The van der Waals surface area contributed by atoms with E-state index in [4.69, 9.17) is 7.85 Å². The molecule has 0 nitrogen and oxygen atoms in total. The predicted octanol–water partition coefficient (Wildman–Crippen LogP) is 1.17. The molecule has 0 bridgehead atoms. The summed E-state index contributed by atoms with van der Waals surface area (Å²) in [5.41, 5.74) is 0. The molecule has 0 aliphatic heterocycles. The van der Waals surface area contributed by atoms with Gasteiger partial charge in [0.05, 0.1) is 7.85 Å². The molecule has 0 saturated carbocycles. The maximum Gasteiger partial charge on any atom is 0.0649 e. The minimum atomic E-state index is 0. The Morgan fingerprint density at radius 2 is 1.75 bits per heavy atom. The van der Waals surface area contributed by atoms with E-state index < -0.39 is 0 Å². The molecule has 0 aliphatic carbocycles. The van der Waals surface area contributed by atoms with Crippen LogP contribution in [0.15, 0.2) is 0 Å². The SMILES string of the molecule is Br.[B]CC. The molecule has 0 amide bonds. The summed E-state index contributed by atoms with van der Waals surface area (Å²) in [4.78, 5) is 0. The zero-order valence-corrected chi connectivity index (χ0v) is 4.41. The van der Waals surface area contributed by atoms with Crippen LogP contribution in [0.1, 0.15) is 6.92 Å². The van der Waals surface area contributed by atoms with Gasteiger partial charge in [-0.15, -0.1) is 17.0 Å². The molecule has 2 heteroatoms. The highest BCUT2D eigenvalue weighted by molar-refractivity contribution is 8.93.